The molecule has 3 nitrogen and oxygen atoms in total. The number of hydrogen-bond acceptors (Lipinski definition) is 3. The van der Waals surface area contributed by atoms with Crippen LogP contribution in [0.4, 0.5) is 0 Å². The third-order valence-corrected chi connectivity index (χ3v) is 2.01. The number of aliphatic hydroxyl groups is 1. The molecule has 15 heavy (non-hydrogen) atoms. The van der Waals surface area contributed by atoms with E-state index in [1.165, 1.54) is 0 Å². The first-order valence-electron chi connectivity index (χ1n) is 5.00. The van der Waals surface area contributed by atoms with Crippen molar-refractivity contribution in [3.8, 4) is 0 Å². The van der Waals surface area contributed by atoms with Crippen LogP contribution in [0.3, 0.4) is 0 Å². The van der Waals surface area contributed by atoms with Gasteiger partial charge in [-0.25, -0.2) is 0 Å². The number of aromatic nitrogens is 1. The number of aliphatic imine (C=N–C) groups is 1. The number of nitrogens with zero attached hydrogens (tertiary/aromatic N) is 2. The maximum atomic E-state index is 8.87. The molecule has 0 saturated carbocycles. The van der Waals surface area contributed by atoms with Gasteiger partial charge < -0.3 is 5.11 Å². The number of allylic oxidation sites excluding steroid dienone is 2. The van der Waals surface area contributed by atoms with Crippen LogP contribution in [0.25, 0.3) is 5.57 Å². The van der Waals surface area contributed by atoms with Crippen molar-refractivity contribution >= 4 is 11.8 Å². The lowest BCUT2D eigenvalue weighted by atomic mass is 10.1. The van der Waals surface area contributed by atoms with Crippen LogP contribution in [0.2, 0.25) is 0 Å². The van der Waals surface area contributed by atoms with Crippen molar-refractivity contribution in [3.05, 3.63) is 35.7 Å². The average Bonchev–Trinajstić information content (AvgIpc) is 2.29. The van der Waals surface area contributed by atoms with Crippen LogP contribution in [0.15, 0.2) is 29.4 Å². The molecule has 0 aromatic carbocycles. The fraction of sp³-hybridized carbons (Fsp3) is 0.333. The molecular formula is C12H16N2O. The normalized spacial score (nSPS) is 12.3. The first-order chi connectivity index (χ1) is 7.31. The Kier molecular flexibility index (Phi) is 4.71. The summed E-state index contributed by atoms with van der Waals surface area (Å²) in [5.74, 6) is 0. The van der Waals surface area contributed by atoms with Gasteiger partial charge in [0.2, 0.25) is 0 Å². The molecule has 0 aliphatic rings. The first-order valence-corrected chi connectivity index (χ1v) is 5.00. The predicted octanol–water partition coefficient (Wildman–Crippen LogP) is 2.07. The highest BCUT2D eigenvalue weighted by Gasteiger charge is 1.99. The van der Waals surface area contributed by atoms with E-state index in [4.69, 9.17) is 5.11 Å². The molecule has 0 aliphatic carbocycles. The molecule has 0 atom stereocenters. The van der Waals surface area contributed by atoms with Crippen molar-refractivity contribution in [1.29, 1.82) is 0 Å². The molecule has 0 fully saturated rings. The van der Waals surface area contributed by atoms with Crippen LogP contribution in [0.5, 0.6) is 0 Å². The van der Waals surface area contributed by atoms with Crippen LogP contribution in [0.1, 0.15) is 24.6 Å². The Morgan fingerprint density at radius 3 is 2.80 bits per heavy atom. The van der Waals surface area contributed by atoms with Gasteiger partial charge in [0.15, 0.2) is 0 Å². The summed E-state index contributed by atoms with van der Waals surface area (Å²) < 4.78 is 0. The highest BCUT2D eigenvalue weighted by molar-refractivity contribution is 6.09. The second-order valence-corrected chi connectivity index (χ2v) is 3.15. The van der Waals surface area contributed by atoms with Gasteiger partial charge in [-0.1, -0.05) is 19.1 Å². The Hall–Kier alpha value is -1.48. The van der Waals surface area contributed by atoms with E-state index in [0.717, 1.165) is 17.6 Å². The largest absolute Gasteiger partial charge is 0.390 e. The van der Waals surface area contributed by atoms with Gasteiger partial charge in [-0.05, 0) is 18.1 Å². The summed E-state index contributed by atoms with van der Waals surface area (Å²) in [4.78, 5) is 8.13. The maximum Gasteiger partial charge on any atom is 0.0852 e. The highest BCUT2D eigenvalue weighted by Crippen LogP contribution is 2.12. The van der Waals surface area contributed by atoms with Gasteiger partial charge in [0.05, 0.1) is 12.3 Å². The van der Waals surface area contributed by atoms with Gasteiger partial charge >= 0.3 is 0 Å². The third kappa shape index (κ3) is 3.29. The molecule has 0 unspecified atom stereocenters. The fourth-order valence-corrected chi connectivity index (χ4v) is 1.29. The van der Waals surface area contributed by atoms with Gasteiger partial charge in [-0.15, -0.1) is 0 Å². The van der Waals surface area contributed by atoms with Crippen LogP contribution < -0.4 is 0 Å². The summed E-state index contributed by atoms with van der Waals surface area (Å²) in [5, 5.41) is 8.87. The van der Waals surface area contributed by atoms with E-state index in [2.05, 4.69) is 23.0 Å². The van der Waals surface area contributed by atoms with E-state index in [1.54, 1.807) is 13.2 Å². The Morgan fingerprint density at radius 1 is 1.53 bits per heavy atom. The lowest BCUT2D eigenvalue weighted by Gasteiger charge is -2.02. The lowest BCUT2D eigenvalue weighted by Crippen LogP contribution is -1.92. The van der Waals surface area contributed by atoms with E-state index in [0.29, 0.717) is 5.69 Å². The Labute approximate surface area is 90.2 Å². The van der Waals surface area contributed by atoms with E-state index >= 15 is 0 Å². The summed E-state index contributed by atoms with van der Waals surface area (Å²) in [7, 11) is 1.75. The molecule has 0 spiro atoms. The van der Waals surface area contributed by atoms with E-state index in [-0.39, 0.29) is 6.61 Å². The monoisotopic (exact) mass is 204 g/mol. The molecule has 0 bridgehead atoms. The van der Waals surface area contributed by atoms with Crippen molar-refractivity contribution < 1.29 is 5.11 Å². The fourth-order valence-electron chi connectivity index (χ4n) is 1.29. The predicted molar refractivity (Wildman–Crippen MR) is 62.8 cm³/mol. The number of hydrogen-bond donors (Lipinski definition) is 1. The first kappa shape index (κ1) is 11.6. The SMILES string of the molecule is CC/C=C(\C=NC)c1ccc(CO)nc1. The molecule has 0 amide bonds. The molecule has 1 aromatic heterocycles. The van der Waals surface area contributed by atoms with Crippen LogP contribution >= 0.6 is 0 Å². The zero-order valence-electron chi connectivity index (χ0n) is 9.14. The number of rotatable bonds is 4. The van der Waals surface area contributed by atoms with Crippen molar-refractivity contribution in [2.45, 2.75) is 20.0 Å². The molecule has 0 radical (unpaired) electrons. The second-order valence-electron chi connectivity index (χ2n) is 3.15. The van der Waals surface area contributed by atoms with Crippen molar-refractivity contribution in [2.75, 3.05) is 7.05 Å². The number of pyridine rings is 1. The van der Waals surface area contributed by atoms with Crippen LogP contribution in [0, 0.1) is 0 Å². The van der Waals surface area contributed by atoms with Crippen LogP contribution in [-0.4, -0.2) is 23.4 Å². The van der Waals surface area contributed by atoms with E-state index in [9.17, 15) is 0 Å². The minimum Gasteiger partial charge on any atom is -0.390 e. The molecule has 80 valence electrons. The van der Waals surface area contributed by atoms with Crippen molar-refractivity contribution in [2.24, 2.45) is 4.99 Å². The highest BCUT2D eigenvalue weighted by atomic mass is 16.3. The molecular weight excluding hydrogens is 188 g/mol. The molecule has 1 N–H and O–H groups in total. The zero-order valence-corrected chi connectivity index (χ0v) is 9.14. The summed E-state index contributed by atoms with van der Waals surface area (Å²) in [6, 6.07) is 3.77. The van der Waals surface area contributed by atoms with Crippen LogP contribution in [-0.2, 0) is 6.61 Å². The summed E-state index contributed by atoms with van der Waals surface area (Å²) in [6.45, 7) is 2.06. The Morgan fingerprint density at radius 2 is 2.33 bits per heavy atom. The Balaban J connectivity index is 2.97. The van der Waals surface area contributed by atoms with Gasteiger partial charge in [0, 0.05) is 25.0 Å². The van der Waals surface area contributed by atoms with Gasteiger partial charge in [0.25, 0.3) is 0 Å². The minimum atomic E-state index is -0.0189. The topological polar surface area (TPSA) is 45.5 Å². The van der Waals surface area contributed by atoms with Gasteiger partial charge in [-0.3, -0.25) is 9.98 Å². The van der Waals surface area contributed by atoms with Gasteiger partial charge in [-0.2, -0.15) is 0 Å². The molecule has 1 aromatic rings. The van der Waals surface area contributed by atoms with E-state index < -0.39 is 0 Å². The number of aliphatic hydroxyl groups excluding tert-OH is 1. The molecule has 0 saturated heterocycles. The minimum absolute atomic E-state index is 0.0189. The third-order valence-electron chi connectivity index (χ3n) is 2.01. The summed E-state index contributed by atoms with van der Waals surface area (Å²) >= 11 is 0. The second kappa shape index (κ2) is 6.09. The van der Waals surface area contributed by atoms with Crippen molar-refractivity contribution in [3.63, 3.8) is 0 Å². The maximum absolute atomic E-state index is 8.87. The molecule has 3 heteroatoms. The standard InChI is InChI=1S/C12H16N2O/c1-3-4-10(7-13-2)11-5-6-12(9-15)14-8-11/h4-8,15H,3,9H2,1-2H3/b10-4+,13-7?. The molecule has 0 aliphatic heterocycles. The summed E-state index contributed by atoms with van der Waals surface area (Å²) in [6.07, 6.45) is 6.64. The average molecular weight is 204 g/mol. The lowest BCUT2D eigenvalue weighted by molar-refractivity contribution is 0.277. The molecule has 1 heterocycles. The smallest absolute Gasteiger partial charge is 0.0852 e. The zero-order chi connectivity index (χ0) is 11.1. The summed E-state index contributed by atoms with van der Waals surface area (Å²) in [5.41, 5.74) is 2.78. The van der Waals surface area contributed by atoms with E-state index in [1.807, 2.05) is 18.3 Å². The van der Waals surface area contributed by atoms with Gasteiger partial charge in [0.1, 0.15) is 0 Å². The van der Waals surface area contributed by atoms with Crippen molar-refractivity contribution in [1.82, 2.24) is 4.98 Å². The molecule has 1 rings (SSSR count). The Bertz CT molecular complexity index is 352. The quantitative estimate of drug-likeness (QED) is 0.763.